The molecule has 0 radical (unpaired) electrons. The van der Waals surface area contributed by atoms with Crippen LogP contribution in [0.1, 0.15) is 5.56 Å². The number of anilines is 1. The molecule has 0 atom stereocenters. The van der Waals surface area contributed by atoms with Gasteiger partial charge in [0.2, 0.25) is 0 Å². The van der Waals surface area contributed by atoms with Crippen molar-refractivity contribution in [2.75, 3.05) is 38.7 Å². The lowest BCUT2D eigenvalue weighted by atomic mass is 10.2. The van der Waals surface area contributed by atoms with E-state index in [-0.39, 0.29) is 18.0 Å². The van der Waals surface area contributed by atoms with Gasteiger partial charge in [0, 0.05) is 19.2 Å². The molecule has 3 aromatic rings. The van der Waals surface area contributed by atoms with Crippen molar-refractivity contribution in [1.82, 2.24) is 9.88 Å². The number of likely N-dealkylation sites (N-methyl/N-ethyl adjacent to an activating group) is 1. The van der Waals surface area contributed by atoms with Gasteiger partial charge in [0.15, 0.2) is 17.6 Å². The normalized spacial score (nSPS) is 11.2. The van der Waals surface area contributed by atoms with Crippen LogP contribution < -0.4 is 9.64 Å². The Bertz CT molecular complexity index is 991. The van der Waals surface area contributed by atoms with Crippen molar-refractivity contribution in [1.29, 1.82) is 0 Å². The Kier molecular flexibility index (Phi) is 6.21. The molecule has 148 valence electrons. The molecule has 1 heterocycles. The molecular weight excluding hydrogens is 384 g/mol. The summed E-state index contributed by atoms with van der Waals surface area (Å²) >= 11 is 1.08. The van der Waals surface area contributed by atoms with Gasteiger partial charge in [-0.3, -0.25) is 9.69 Å². The average Bonchev–Trinajstić information content (AvgIpc) is 3.05. The van der Waals surface area contributed by atoms with E-state index in [1.807, 2.05) is 44.1 Å². The lowest BCUT2D eigenvalue weighted by molar-refractivity contribution is -0.120. The van der Waals surface area contributed by atoms with E-state index >= 15 is 0 Å². The van der Waals surface area contributed by atoms with Crippen molar-refractivity contribution in [3.05, 3.63) is 53.6 Å². The van der Waals surface area contributed by atoms with Gasteiger partial charge in [0.1, 0.15) is 17.1 Å². The molecule has 0 bridgehead atoms. The molecule has 1 aromatic heterocycles. The predicted octanol–water partition coefficient (Wildman–Crippen LogP) is 3.86. The largest absolute Gasteiger partial charge is 0.483 e. The fourth-order valence-corrected chi connectivity index (χ4v) is 3.67. The van der Waals surface area contributed by atoms with Crippen LogP contribution in [0.25, 0.3) is 10.2 Å². The number of hydrogen-bond acceptors (Lipinski definition) is 5. The van der Waals surface area contributed by atoms with E-state index in [9.17, 15) is 13.6 Å². The number of benzene rings is 2. The van der Waals surface area contributed by atoms with E-state index < -0.39 is 11.6 Å². The fourth-order valence-electron chi connectivity index (χ4n) is 2.62. The van der Waals surface area contributed by atoms with Crippen LogP contribution in [0, 0.1) is 18.6 Å². The molecule has 0 saturated carbocycles. The predicted molar refractivity (Wildman–Crippen MR) is 107 cm³/mol. The summed E-state index contributed by atoms with van der Waals surface area (Å²) in [4.78, 5) is 20.5. The highest BCUT2D eigenvalue weighted by Gasteiger charge is 2.22. The van der Waals surface area contributed by atoms with Crippen molar-refractivity contribution >= 4 is 32.6 Å². The molecule has 0 aliphatic rings. The number of aromatic nitrogens is 1. The number of halogens is 2. The van der Waals surface area contributed by atoms with Crippen molar-refractivity contribution in [3.63, 3.8) is 0 Å². The standard InChI is InChI=1S/C20H21F2N3O2S/c1-13-6-4-5-7-16(13)27-12-18(26)25(9-8-24(2)3)20-23-19-15(22)10-14(21)11-17(19)28-20/h4-7,10-11H,8-9,12H2,1-3H3. The Hall–Kier alpha value is -2.58. The van der Waals surface area contributed by atoms with Gasteiger partial charge in [-0.2, -0.15) is 0 Å². The topological polar surface area (TPSA) is 45.7 Å². The van der Waals surface area contributed by atoms with E-state index in [0.717, 1.165) is 23.0 Å². The smallest absolute Gasteiger partial charge is 0.266 e. The second-order valence-corrected chi connectivity index (χ2v) is 7.64. The minimum atomic E-state index is -0.742. The van der Waals surface area contributed by atoms with Gasteiger partial charge in [-0.1, -0.05) is 29.5 Å². The van der Waals surface area contributed by atoms with Crippen LogP contribution >= 0.6 is 11.3 Å². The van der Waals surface area contributed by atoms with Crippen LogP contribution in [0.15, 0.2) is 36.4 Å². The minimum Gasteiger partial charge on any atom is -0.483 e. The first-order valence-electron chi connectivity index (χ1n) is 8.74. The molecule has 0 N–H and O–H groups in total. The number of fused-ring (bicyclic) bond motifs is 1. The molecule has 0 spiro atoms. The summed E-state index contributed by atoms with van der Waals surface area (Å²) in [6.07, 6.45) is 0. The third-order valence-electron chi connectivity index (χ3n) is 4.15. The molecule has 0 aliphatic carbocycles. The molecule has 2 aromatic carbocycles. The molecular formula is C20H21F2N3O2S. The second kappa shape index (κ2) is 8.62. The van der Waals surface area contributed by atoms with Gasteiger partial charge in [-0.25, -0.2) is 13.8 Å². The fraction of sp³-hybridized carbons (Fsp3) is 0.300. The second-order valence-electron chi connectivity index (χ2n) is 6.63. The monoisotopic (exact) mass is 405 g/mol. The molecule has 1 amide bonds. The van der Waals surface area contributed by atoms with E-state index in [0.29, 0.717) is 28.7 Å². The number of aryl methyl sites for hydroxylation is 1. The number of carbonyl (C=O) groups is 1. The number of thiazole rings is 1. The molecule has 0 aliphatic heterocycles. The van der Waals surface area contributed by atoms with Gasteiger partial charge in [-0.15, -0.1) is 0 Å². The van der Waals surface area contributed by atoms with Crippen LogP contribution in [0.3, 0.4) is 0 Å². The highest BCUT2D eigenvalue weighted by atomic mass is 32.1. The zero-order valence-corrected chi connectivity index (χ0v) is 16.7. The number of hydrogen-bond donors (Lipinski definition) is 0. The van der Waals surface area contributed by atoms with E-state index in [2.05, 4.69) is 4.98 Å². The summed E-state index contributed by atoms with van der Waals surface area (Å²) in [7, 11) is 3.78. The van der Waals surface area contributed by atoms with E-state index in [4.69, 9.17) is 4.74 Å². The first kappa shape index (κ1) is 20.2. The van der Waals surface area contributed by atoms with Crippen molar-refractivity contribution in [2.45, 2.75) is 6.92 Å². The van der Waals surface area contributed by atoms with E-state index in [1.165, 1.54) is 11.0 Å². The van der Waals surface area contributed by atoms with Crippen molar-refractivity contribution in [2.24, 2.45) is 0 Å². The van der Waals surface area contributed by atoms with Crippen molar-refractivity contribution < 1.29 is 18.3 Å². The highest BCUT2D eigenvalue weighted by Crippen LogP contribution is 2.31. The maximum Gasteiger partial charge on any atom is 0.266 e. The number of carbonyl (C=O) groups excluding carboxylic acids is 1. The van der Waals surface area contributed by atoms with Crippen LogP contribution in [0.5, 0.6) is 5.75 Å². The SMILES string of the molecule is Cc1ccccc1OCC(=O)N(CCN(C)C)c1nc2c(F)cc(F)cc2s1. The van der Waals surface area contributed by atoms with Gasteiger partial charge in [0.25, 0.3) is 5.91 Å². The quantitative estimate of drug-likeness (QED) is 0.599. The zero-order chi connectivity index (χ0) is 20.3. The number of amides is 1. The average molecular weight is 405 g/mol. The Labute approximate surface area is 166 Å². The maximum atomic E-state index is 14.0. The Morgan fingerprint density at radius 2 is 1.93 bits per heavy atom. The maximum absolute atomic E-state index is 14.0. The number of rotatable bonds is 7. The summed E-state index contributed by atoms with van der Waals surface area (Å²) in [6, 6.07) is 9.43. The first-order chi connectivity index (χ1) is 13.3. The Balaban J connectivity index is 1.85. The molecule has 0 saturated heterocycles. The number of para-hydroxylation sites is 1. The summed E-state index contributed by atoms with van der Waals surface area (Å²) in [6.45, 7) is 2.66. The number of nitrogens with zero attached hydrogens (tertiary/aromatic N) is 3. The van der Waals surface area contributed by atoms with E-state index in [1.54, 1.807) is 6.07 Å². The minimum absolute atomic E-state index is 0.0591. The lowest BCUT2D eigenvalue weighted by Crippen LogP contribution is -2.39. The molecule has 0 unspecified atom stereocenters. The number of ether oxygens (including phenoxy) is 1. The summed E-state index contributed by atoms with van der Waals surface area (Å²) in [5.41, 5.74) is 0.983. The third kappa shape index (κ3) is 4.63. The van der Waals surface area contributed by atoms with Crippen LogP contribution in [-0.2, 0) is 4.79 Å². The molecule has 8 heteroatoms. The van der Waals surface area contributed by atoms with Crippen LogP contribution in [0.4, 0.5) is 13.9 Å². The Morgan fingerprint density at radius 3 is 2.64 bits per heavy atom. The van der Waals surface area contributed by atoms with Gasteiger partial charge in [0.05, 0.1) is 4.70 Å². The summed E-state index contributed by atoms with van der Waals surface area (Å²) in [5.74, 6) is -1.09. The van der Waals surface area contributed by atoms with Crippen LogP contribution in [-0.4, -0.2) is 49.6 Å². The van der Waals surface area contributed by atoms with Gasteiger partial charge >= 0.3 is 0 Å². The molecule has 0 fully saturated rings. The molecule has 3 rings (SSSR count). The Morgan fingerprint density at radius 1 is 1.18 bits per heavy atom. The molecule has 5 nitrogen and oxygen atoms in total. The van der Waals surface area contributed by atoms with Crippen molar-refractivity contribution in [3.8, 4) is 5.75 Å². The van der Waals surface area contributed by atoms with Crippen LogP contribution in [0.2, 0.25) is 0 Å². The van der Waals surface area contributed by atoms with Gasteiger partial charge in [-0.05, 0) is 38.7 Å². The summed E-state index contributed by atoms with van der Waals surface area (Å²) < 4.78 is 33.5. The zero-order valence-electron chi connectivity index (χ0n) is 15.9. The van der Waals surface area contributed by atoms with Gasteiger partial charge < -0.3 is 9.64 Å². The highest BCUT2D eigenvalue weighted by molar-refractivity contribution is 7.22. The summed E-state index contributed by atoms with van der Waals surface area (Å²) in [5, 5.41) is 0.319. The third-order valence-corrected chi connectivity index (χ3v) is 5.17. The molecule has 28 heavy (non-hydrogen) atoms. The lowest BCUT2D eigenvalue weighted by Gasteiger charge is -2.22. The first-order valence-corrected chi connectivity index (χ1v) is 9.56.